The van der Waals surface area contributed by atoms with Gasteiger partial charge in [0, 0.05) is 0 Å². The molecule has 7 nitrogen and oxygen atoms in total. The van der Waals surface area contributed by atoms with Gasteiger partial charge in [0.15, 0.2) is 0 Å². The number of carboxylic acids is 1. The summed E-state index contributed by atoms with van der Waals surface area (Å²) in [5.41, 5.74) is 0. The van der Waals surface area contributed by atoms with Gasteiger partial charge in [-0.05, 0) is 18.2 Å². The maximum atomic E-state index is 12.9. The van der Waals surface area contributed by atoms with E-state index in [4.69, 9.17) is 5.11 Å². The summed E-state index contributed by atoms with van der Waals surface area (Å²) in [6.07, 6.45) is 0. The normalized spacial score (nSPS) is 11.0. The van der Waals surface area contributed by atoms with Crippen LogP contribution in [0.2, 0.25) is 0 Å². The van der Waals surface area contributed by atoms with Crippen LogP contribution in [0.1, 0.15) is 0 Å². The number of amides is 1. The van der Waals surface area contributed by atoms with E-state index in [0.29, 0.717) is 0 Å². The average molecular weight is 290 g/mol. The van der Waals surface area contributed by atoms with E-state index in [-0.39, 0.29) is 4.90 Å². The van der Waals surface area contributed by atoms with E-state index in [9.17, 15) is 22.4 Å². The van der Waals surface area contributed by atoms with Crippen LogP contribution in [-0.2, 0) is 19.6 Å². The highest BCUT2D eigenvalue weighted by atomic mass is 32.2. The molecule has 1 aromatic rings. The number of nitrogens with one attached hydrogen (secondary N) is 2. The molecule has 0 radical (unpaired) electrons. The van der Waals surface area contributed by atoms with Crippen LogP contribution < -0.4 is 10.0 Å². The second-order valence-corrected chi connectivity index (χ2v) is 5.22. The summed E-state index contributed by atoms with van der Waals surface area (Å²) < 4.78 is 38.1. The summed E-state index contributed by atoms with van der Waals surface area (Å²) in [6, 6.07) is 4.27. The van der Waals surface area contributed by atoms with E-state index in [0.717, 1.165) is 12.1 Å². The van der Waals surface area contributed by atoms with E-state index >= 15 is 0 Å². The van der Waals surface area contributed by atoms with Crippen molar-refractivity contribution in [2.24, 2.45) is 0 Å². The molecule has 0 saturated carbocycles. The Morgan fingerprint density at radius 1 is 1.26 bits per heavy atom. The number of hydrogen-bond acceptors (Lipinski definition) is 4. The predicted molar refractivity (Wildman–Crippen MR) is 62.2 cm³/mol. The third-order valence-electron chi connectivity index (χ3n) is 1.97. The lowest BCUT2D eigenvalue weighted by atomic mass is 10.4. The fraction of sp³-hybridized carbons (Fsp3) is 0.200. The van der Waals surface area contributed by atoms with Crippen molar-refractivity contribution in [1.29, 1.82) is 0 Å². The van der Waals surface area contributed by atoms with E-state index < -0.39 is 40.8 Å². The van der Waals surface area contributed by atoms with Gasteiger partial charge in [-0.15, -0.1) is 0 Å². The molecule has 1 rings (SSSR count). The Bertz CT molecular complexity index is 587. The van der Waals surface area contributed by atoms with E-state index in [1.54, 1.807) is 0 Å². The molecule has 0 aromatic heterocycles. The molecule has 0 heterocycles. The van der Waals surface area contributed by atoms with E-state index in [2.05, 4.69) is 0 Å². The number of hydrogen-bond donors (Lipinski definition) is 3. The molecule has 9 heteroatoms. The topological polar surface area (TPSA) is 113 Å². The van der Waals surface area contributed by atoms with Crippen LogP contribution in [0.4, 0.5) is 4.39 Å². The van der Waals surface area contributed by atoms with Crippen molar-refractivity contribution in [3.05, 3.63) is 30.1 Å². The standard InChI is InChI=1S/C10H11FN2O5S/c11-7-2-1-3-8(4-7)19(17,18)13-5-9(14)12-6-10(15)16/h1-4,13H,5-6H2,(H,12,14)(H,15,16). The molecule has 0 aliphatic heterocycles. The summed E-state index contributed by atoms with van der Waals surface area (Å²) >= 11 is 0. The number of halogens is 1. The zero-order valence-electron chi connectivity index (χ0n) is 9.59. The monoisotopic (exact) mass is 290 g/mol. The molecule has 19 heavy (non-hydrogen) atoms. The van der Waals surface area contributed by atoms with Crippen LogP contribution >= 0.6 is 0 Å². The van der Waals surface area contributed by atoms with Crippen LogP contribution in [0.3, 0.4) is 0 Å². The number of sulfonamides is 1. The molecule has 0 fully saturated rings. The van der Waals surface area contributed by atoms with Gasteiger partial charge in [0.2, 0.25) is 15.9 Å². The van der Waals surface area contributed by atoms with Crippen molar-refractivity contribution >= 4 is 21.9 Å². The smallest absolute Gasteiger partial charge is 0.322 e. The molecular weight excluding hydrogens is 279 g/mol. The lowest BCUT2D eigenvalue weighted by Gasteiger charge is -2.06. The maximum absolute atomic E-state index is 12.9. The minimum absolute atomic E-state index is 0.321. The largest absolute Gasteiger partial charge is 0.480 e. The second kappa shape index (κ2) is 6.25. The van der Waals surface area contributed by atoms with Gasteiger partial charge in [-0.3, -0.25) is 9.59 Å². The summed E-state index contributed by atoms with van der Waals surface area (Å²) in [7, 11) is -4.01. The van der Waals surface area contributed by atoms with Gasteiger partial charge >= 0.3 is 5.97 Å². The molecule has 0 spiro atoms. The summed E-state index contributed by atoms with van der Waals surface area (Å²) in [5, 5.41) is 10.3. The van der Waals surface area contributed by atoms with Gasteiger partial charge in [0.05, 0.1) is 11.4 Å². The van der Waals surface area contributed by atoms with E-state index in [1.807, 2.05) is 10.0 Å². The maximum Gasteiger partial charge on any atom is 0.322 e. The van der Waals surface area contributed by atoms with Gasteiger partial charge in [-0.25, -0.2) is 17.5 Å². The van der Waals surface area contributed by atoms with Crippen molar-refractivity contribution in [2.45, 2.75) is 4.90 Å². The Kier molecular flexibility index (Phi) is 4.95. The minimum atomic E-state index is -4.01. The molecule has 0 aliphatic carbocycles. The third kappa shape index (κ3) is 5.02. The fourth-order valence-corrected chi connectivity index (χ4v) is 2.13. The van der Waals surface area contributed by atoms with Crippen LogP contribution in [0.15, 0.2) is 29.2 Å². The lowest BCUT2D eigenvalue weighted by Crippen LogP contribution is -2.38. The zero-order valence-corrected chi connectivity index (χ0v) is 10.4. The number of carbonyl (C=O) groups excluding carboxylic acids is 1. The number of carbonyl (C=O) groups is 2. The Labute approximate surface area is 108 Å². The Hall–Kier alpha value is -2.00. The number of carboxylic acid groups (broad SMARTS) is 1. The van der Waals surface area contributed by atoms with Crippen LogP contribution in [0.25, 0.3) is 0 Å². The highest BCUT2D eigenvalue weighted by molar-refractivity contribution is 7.89. The molecule has 0 atom stereocenters. The molecule has 3 N–H and O–H groups in total. The summed E-state index contributed by atoms with van der Waals surface area (Å²) in [4.78, 5) is 21.0. The molecule has 104 valence electrons. The molecular formula is C10H11FN2O5S. The average Bonchev–Trinajstić information content (AvgIpc) is 2.34. The highest BCUT2D eigenvalue weighted by Crippen LogP contribution is 2.09. The van der Waals surface area contributed by atoms with Gasteiger partial charge in [0.25, 0.3) is 0 Å². The first-order valence-electron chi connectivity index (χ1n) is 5.05. The van der Waals surface area contributed by atoms with Gasteiger partial charge < -0.3 is 10.4 Å². The quantitative estimate of drug-likeness (QED) is 0.641. The predicted octanol–water partition coefficient (Wildman–Crippen LogP) is -0.695. The van der Waals surface area contributed by atoms with Crippen LogP contribution in [-0.4, -0.2) is 38.5 Å². The van der Waals surface area contributed by atoms with Crippen LogP contribution in [0.5, 0.6) is 0 Å². The first kappa shape index (κ1) is 15.1. The highest BCUT2D eigenvalue weighted by Gasteiger charge is 2.16. The number of benzene rings is 1. The molecule has 0 saturated heterocycles. The minimum Gasteiger partial charge on any atom is -0.480 e. The molecule has 0 bridgehead atoms. The second-order valence-electron chi connectivity index (χ2n) is 3.45. The first-order chi connectivity index (χ1) is 8.81. The molecule has 1 amide bonds. The Morgan fingerprint density at radius 3 is 2.53 bits per heavy atom. The van der Waals surface area contributed by atoms with Crippen molar-refractivity contribution in [3.8, 4) is 0 Å². The van der Waals surface area contributed by atoms with Crippen molar-refractivity contribution in [2.75, 3.05) is 13.1 Å². The van der Waals surface area contributed by atoms with Gasteiger partial charge in [-0.2, -0.15) is 0 Å². The molecule has 1 aromatic carbocycles. The summed E-state index contributed by atoms with van der Waals surface area (Å²) in [5.74, 6) is -2.78. The van der Waals surface area contributed by atoms with Gasteiger partial charge in [-0.1, -0.05) is 6.07 Å². The van der Waals surface area contributed by atoms with Crippen molar-refractivity contribution in [3.63, 3.8) is 0 Å². The van der Waals surface area contributed by atoms with Crippen molar-refractivity contribution < 1.29 is 27.5 Å². The Morgan fingerprint density at radius 2 is 1.95 bits per heavy atom. The SMILES string of the molecule is O=C(O)CNC(=O)CNS(=O)(=O)c1cccc(F)c1. The number of rotatable bonds is 6. The summed E-state index contributed by atoms with van der Waals surface area (Å²) in [6.45, 7) is -1.24. The van der Waals surface area contributed by atoms with Gasteiger partial charge in [0.1, 0.15) is 12.4 Å². The molecule has 0 unspecified atom stereocenters. The molecule has 0 aliphatic rings. The van der Waals surface area contributed by atoms with Crippen molar-refractivity contribution in [1.82, 2.24) is 10.0 Å². The Balaban J connectivity index is 2.61. The zero-order chi connectivity index (χ0) is 14.5. The van der Waals surface area contributed by atoms with E-state index in [1.165, 1.54) is 12.1 Å². The fourth-order valence-electron chi connectivity index (χ4n) is 1.11. The van der Waals surface area contributed by atoms with Crippen LogP contribution in [0, 0.1) is 5.82 Å². The third-order valence-corrected chi connectivity index (χ3v) is 3.36. The number of aliphatic carboxylic acids is 1. The lowest BCUT2D eigenvalue weighted by molar-refractivity contribution is -0.137. The first-order valence-corrected chi connectivity index (χ1v) is 6.53.